The molecule has 0 aliphatic heterocycles. The van der Waals surface area contributed by atoms with Gasteiger partial charge in [0, 0.05) is 42.0 Å². The minimum atomic E-state index is -0.569. The lowest BCUT2D eigenvalue weighted by atomic mass is 10.0. The van der Waals surface area contributed by atoms with Crippen LogP contribution in [0.1, 0.15) is 55.7 Å². The van der Waals surface area contributed by atoms with Crippen LogP contribution in [0, 0.1) is 5.82 Å². The van der Waals surface area contributed by atoms with Crippen LogP contribution in [0.5, 0.6) is 0 Å². The van der Waals surface area contributed by atoms with Crippen molar-refractivity contribution in [2.75, 3.05) is 18.4 Å². The molecule has 4 aromatic rings. The Balaban J connectivity index is 1.38. The summed E-state index contributed by atoms with van der Waals surface area (Å²) in [5.41, 5.74) is 3.90. The Bertz CT molecular complexity index is 1560. The number of pyridine rings is 2. The Kier molecular flexibility index (Phi) is 10.6. The van der Waals surface area contributed by atoms with E-state index in [4.69, 9.17) is 16.3 Å². The zero-order valence-electron chi connectivity index (χ0n) is 23.5. The molecule has 4 rings (SSSR count). The SMILES string of the molecule is C[C@@H](Nc1c(Cl)cnc2ccc(-c3ccc(C(=O)NCCCCNC(=O)OC(C)(C)I)nc3)cc12)c1ccccc1F. The molecule has 0 bridgehead atoms. The van der Waals surface area contributed by atoms with Gasteiger partial charge in [-0.1, -0.05) is 41.9 Å². The van der Waals surface area contributed by atoms with Crippen LogP contribution in [0.4, 0.5) is 14.9 Å². The average molecular weight is 704 g/mol. The number of anilines is 1. The number of carbonyl (C=O) groups excluding carboxylic acids is 2. The number of alkyl carbamates (subject to hydrolysis) is 1. The maximum atomic E-state index is 14.4. The summed E-state index contributed by atoms with van der Waals surface area (Å²) >= 11 is 8.57. The van der Waals surface area contributed by atoms with E-state index in [1.807, 2.05) is 53.8 Å². The number of benzene rings is 2. The number of halogens is 3. The van der Waals surface area contributed by atoms with Crippen molar-refractivity contribution >= 4 is 62.8 Å². The van der Waals surface area contributed by atoms with Crippen molar-refractivity contribution in [2.24, 2.45) is 0 Å². The zero-order valence-corrected chi connectivity index (χ0v) is 26.4. The Morgan fingerprint density at radius 3 is 2.40 bits per heavy atom. The van der Waals surface area contributed by atoms with Gasteiger partial charge in [0.05, 0.1) is 22.3 Å². The number of carbonyl (C=O) groups is 2. The van der Waals surface area contributed by atoms with E-state index in [0.717, 1.165) is 22.0 Å². The largest absolute Gasteiger partial charge is 0.433 e. The van der Waals surface area contributed by atoms with Crippen molar-refractivity contribution in [3.63, 3.8) is 0 Å². The maximum Gasteiger partial charge on any atom is 0.408 e. The van der Waals surface area contributed by atoms with E-state index in [0.29, 0.717) is 47.9 Å². The summed E-state index contributed by atoms with van der Waals surface area (Å²) < 4.78 is 19.0. The van der Waals surface area contributed by atoms with Gasteiger partial charge in [0.2, 0.25) is 0 Å². The molecular formula is C31H32ClFIN5O3. The average Bonchev–Trinajstić information content (AvgIpc) is 2.95. The van der Waals surface area contributed by atoms with Gasteiger partial charge in [0.1, 0.15) is 11.5 Å². The summed E-state index contributed by atoms with van der Waals surface area (Å²) in [6, 6.07) is 15.6. The van der Waals surface area contributed by atoms with Crippen LogP contribution in [0.25, 0.3) is 22.0 Å². The standard InChI is InChI=1S/C31H32ClFIN5O3/c1-19(22-8-4-5-9-25(22)33)39-28-23-16-20(10-12-26(23)38-18-24(28)32)21-11-13-27(37-17-21)29(40)35-14-6-7-15-36-30(41)42-31(2,3)34/h4-5,8-13,16-19H,6-7,14-15H2,1-3H3,(H,35,40)(H,36,41)(H,38,39)/t19-/m1/s1. The number of unbranched alkanes of at least 4 members (excludes halogenated alkanes) is 1. The van der Waals surface area contributed by atoms with E-state index < -0.39 is 9.70 Å². The molecule has 0 aliphatic carbocycles. The lowest BCUT2D eigenvalue weighted by Gasteiger charge is -2.19. The molecule has 2 heterocycles. The first-order valence-corrected chi connectivity index (χ1v) is 15.0. The summed E-state index contributed by atoms with van der Waals surface area (Å²) in [4.78, 5) is 33.0. The smallest absolute Gasteiger partial charge is 0.408 e. The van der Waals surface area contributed by atoms with Crippen molar-refractivity contribution in [3.05, 3.63) is 89.1 Å². The summed E-state index contributed by atoms with van der Waals surface area (Å²) in [6.07, 6.45) is 4.15. The van der Waals surface area contributed by atoms with Crippen LogP contribution in [0.2, 0.25) is 5.02 Å². The van der Waals surface area contributed by atoms with E-state index in [2.05, 4.69) is 25.9 Å². The number of fused-ring (bicyclic) bond motifs is 1. The van der Waals surface area contributed by atoms with Crippen molar-refractivity contribution in [3.8, 4) is 11.1 Å². The Morgan fingerprint density at radius 1 is 1.00 bits per heavy atom. The minimum Gasteiger partial charge on any atom is -0.433 e. The molecule has 2 amide bonds. The van der Waals surface area contributed by atoms with E-state index in [1.54, 1.807) is 50.5 Å². The minimum absolute atomic E-state index is 0.274. The molecule has 0 aliphatic rings. The quantitative estimate of drug-likeness (QED) is 0.0842. The number of nitrogens with one attached hydrogen (secondary N) is 3. The second-order valence-corrected chi connectivity index (χ2v) is 13.2. The summed E-state index contributed by atoms with van der Waals surface area (Å²) in [7, 11) is 0. The van der Waals surface area contributed by atoms with E-state index in [-0.39, 0.29) is 17.8 Å². The van der Waals surface area contributed by atoms with E-state index in [1.165, 1.54) is 6.07 Å². The second kappa shape index (κ2) is 14.1. The van der Waals surface area contributed by atoms with Crippen LogP contribution in [0.15, 0.2) is 67.0 Å². The molecule has 0 saturated carbocycles. The zero-order chi connectivity index (χ0) is 30.3. The van der Waals surface area contributed by atoms with Crippen LogP contribution >= 0.6 is 34.2 Å². The number of hydrogen-bond donors (Lipinski definition) is 3. The fourth-order valence-electron chi connectivity index (χ4n) is 4.30. The fraction of sp³-hybridized carbons (Fsp3) is 0.290. The predicted octanol–water partition coefficient (Wildman–Crippen LogP) is 7.67. The van der Waals surface area contributed by atoms with Gasteiger partial charge in [-0.3, -0.25) is 14.8 Å². The van der Waals surface area contributed by atoms with Crippen molar-refractivity contribution in [1.29, 1.82) is 0 Å². The molecule has 0 saturated heterocycles. The lowest BCUT2D eigenvalue weighted by Crippen LogP contribution is -2.32. The Morgan fingerprint density at radius 2 is 1.71 bits per heavy atom. The molecule has 1 atom stereocenters. The first kappa shape index (κ1) is 31.4. The van der Waals surface area contributed by atoms with Crippen LogP contribution in [-0.2, 0) is 4.74 Å². The molecular weight excluding hydrogens is 672 g/mol. The lowest BCUT2D eigenvalue weighted by molar-refractivity contribution is 0.0946. The van der Waals surface area contributed by atoms with Crippen molar-refractivity contribution in [2.45, 2.75) is 43.3 Å². The first-order valence-electron chi connectivity index (χ1n) is 13.5. The molecule has 3 N–H and O–H groups in total. The first-order chi connectivity index (χ1) is 20.0. The topological polar surface area (TPSA) is 105 Å². The van der Waals surface area contributed by atoms with Gasteiger partial charge >= 0.3 is 6.09 Å². The van der Waals surface area contributed by atoms with Crippen molar-refractivity contribution in [1.82, 2.24) is 20.6 Å². The third-order valence-electron chi connectivity index (χ3n) is 6.38. The predicted molar refractivity (Wildman–Crippen MR) is 173 cm³/mol. The summed E-state index contributed by atoms with van der Waals surface area (Å²) in [6.45, 7) is 6.38. The third-order valence-corrected chi connectivity index (χ3v) is 6.88. The molecule has 2 aromatic heterocycles. The van der Waals surface area contributed by atoms with Crippen molar-refractivity contribution < 1.29 is 18.7 Å². The van der Waals surface area contributed by atoms with Gasteiger partial charge in [-0.05, 0) is 86.0 Å². The van der Waals surface area contributed by atoms with Gasteiger partial charge in [-0.2, -0.15) is 0 Å². The molecule has 0 fully saturated rings. The molecule has 8 nitrogen and oxygen atoms in total. The number of amides is 2. The van der Waals surface area contributed by atoms with Gasteiger partial charge < -0.3 is 20.7 Å². The highest BCUT2D eigenvalue weighted by atomic mass is 127. The molecule has 0 spiro atoms. The normalized spacial score (nSPS) is 12.0. The van der Waals surface area contributed by atoms with Crippen LogP contribution in [-0.4, -0.2) is 38.7 Å². The Labute approximate surface area is 262 Å². The number of nitrogens with zero attached hydrogens (tertiary/aromatic N) is 2. The number of rotatable bonds is 11. The summed E-state index contributed by atoms with van der Waals surface area (Å²) in [5.74, 6) is -0.568. The highest BCUT2D eigenvalue weighted by molar-refractivity contribution is 14.1. The molecule has 220 valence electrons. The molecule has 0 unspecified atom stereocenters. The van der Waals surface area contributed by atoms with Crippen LogP contribution in [0.3, 0.4) is 0 Å². The molecule has 42 heavy (non-hydrogen) atoms. The Hall–Kier alpha value is -3.51. The number of alkyl halides is 1. The third kappa shape index (κ3) is 8.51. The fourth-order valence-corrected chi connectivity index (χ4v) is 4.71. The van der Waals surface area contributed by atoms with Gasteiger partial charge in [-0.15, -0.1) is 0 Å². The summed E-state index contributed by atoms with van der Waals surface area (Å²) in [5, 5.41) is 10.1. The number of ether oxygens (including phenoxy) is 1. The molecule has 11 heteroatoms. The van der Waals surface area contributed by atoms with E-state index >= 15 is 0 Å². The molecule has 2 aromatic carbocycles. The maximum absolute atomic E-state index is 14.4. The highest BCUT2D eigenvalue weighted by Gasteiger charge is 2.18. The van der Waals surface area contributed by atoms with Gasteiger partial charge in [0.15, 0.2) is 3.61 Å². The second-order valence-electron chi connectivity index (χ2n) is 10.2. The van der Waals surface area contributed by atoms with Gasteiger partial charge in [-0.25, -0.2) is 9.18 Å². The number of hydrogen-bond acceptors (Lipinski definition) is 6. The van der Waals surface area contributed by atoms with Gasteiger partial charge in [0.25, 0.3) is 5.91 Å². The monoisotopic (exact) mass is 703 g/mol. The number of aromatic nitrogens is 2. The van der Waals surface area contributed by atoms with E-state index in [9.17, 15) is 14.0 Å². The molecule has 0 radical (unpaired) electrons. The highest BCUT2D eigenvalue weighted by Crippen LogP contribution is 2.35. The van der Waals surface area contributed by atoms with Crippen LogP contribution < -0.4 is 16.0 Å².